The van der Waals surface area contributed by atoms with E-state index in [4.69, 9.17) is 42.3 Å². The summed E-state index contributed by atoms with van der Waals surface area (Å²) >= 11 is 0. The largest absolute Gasteiger partial charge is 0.489 e. The van der Waals surface area contributed by atoms with Crippen LogP contribution in [0.4, 0.5) is 22.7 Å². The minimum absolute atomic E-state index is 0.00425. The third kappa shape index (κ3) is 24.7. The summed E-state index contributed by atoms with van der Waals surface area (Å²) in [5.74, 6) is -2.75. The molecule has 23 heteroatoms. The molecule has 23 nitrogen and oxygen atoms in total. The number of hydrogen-bond acceptors (Lipinski definition) is 22. The predicted octanol–water partition coefficient (Wildman–Crippen LogP) is 12.1. The third-order valence-electron chi connectivity index (χ3n) is 14.6. The van der Waals surface area contributed by atoms with Crippen LogP contribution in [0.25, 0.3) is 11.0 Å². The number of Topliss-reactive ketones (excluding diaryl/α,β-unsaturated/α-hetero) is 1. The second-order valence-electron chi connectivity index (χ2n) is 30.6. The number of anilines is 3. The molecule has 0 atom stereocenters. The monoisotopic (exact) mass is 1310 g/mol. The zero-order chi connectivity index (χ0) is 69.9. The van der Waals surface area contributed by atoms with Crippen LogP contribution in [0.1, 0.15) is 185 Å². The van der Waals surface area contributed by atoms with Crippen molar-refractivity contribution in [1.29, 1.82) is 0 Å². The molecule has 1 saturated carbocycles. The van der Waals surface area contributed by atoms with Crippen molar-refractivity contribution >= 4 is 69.3 Å². The molecule has 0 N–H and O–H groups in total. The second-order valence-corrected chi connectivity index (χ2v) is 30.6. The van der Waals surface area contributed by atoms with Crippen LogP contribution >= 0.6 is 0 Å². The van der Waals surface area contributed by atoms with Crippen LogP contribution in [-0.4, -0.2) is 145 Å². The molecule has 1 aliphatic heterocycles. The highest BCUT2D eigenvalue weighted by Gasteiger charge is 2.35. The number of benzene rings is 3. The van der Waals surface area contributed by atoms with E-state index in [1.165, 1.54) is 29.2 Å². The van der Waals surface area contributed by atoms with E-state index in [0.717, 1.165) is 31.6 Å². The fourth-order valence-electron chi connectivity index (χ4n) is 11.2. The van der Waals surface area contributed by atoms with Gasteiger partial charge in [0, 0.05) is 55.3 Å². The summed E-state index contributed by atoms with van der Waals surface area (Å²) in [6.07, 6.45) is 4.49. The maximum atomic E-state index is 13.9. The fraction of sp³-hybridized carbons (Fsp3) is 0.620. The molecule has 2 fully saturated rings. The Morgan fingerprint density at radius 2 is 1.04 bits per heavy atom. The molecule has 0 radical (unpaired) electrons. The van der Waals surface area contributed by atoms with Gasteiger partial charge in [0.25, 0.3) is 5.69 Å². The van der Waals surface area contributed by atoms with Crippen LogP contribution in [0.3, 0.4) is 0 Å². The average Bonchev–Trinajstić information content (AvgIpc) is 0.829. The Kier molecular flexibility index (Phi) is 24.8. The summed E-state index contributed by atoms with van der Waals surface area (Å²) in [5, 5.41) is 13.5. The standard InChI is InChI=1S/C71H101N5O18/c1-66(2,3)45-75(43-64(82)94-71(16,17)18)53-28-26-50(72-29-19-20-30-72)36-58(53)86-31-32-87-59-38-54(76(84)85)48(35-55(59)74(41-62(80)92-69(10,11)12)42-63(81)93-70(13,14)15)44-88-51-27-23-47-34-52(65(83)89-57(47)37-51)56(77)33-46-21-24-49(25-22-46)73(39-60(78)90-67(4,5)6)40-61(79)91-68(7,8)9/h23,26-28,34-38,46,49H,19-22,24-25,29-33,39-45H2,1-18H3. The molecular formula is C71H101N5O18. The van der Waals surface area contributed by atoms with Gasteiger partial charge in [-0.1, -0.05) is 20.8 Å². The first-order valence-corrected chi connectivity index (χ1v) is 32.5. The zero-order valence-corrected chi connectivity index (χ0v) is 58.7. The van der Waals surface area contributed by atoms with Gasteiger partial charge in [-0.15, -0.1) is 0 Å². The predicted molar refractivity (Wildman–Crippen MR) is 358 cm³/mol. The SMILES string of the molecule is CC(C)(C)CN(CC(=O)OC(C)(C)C)c1ccc(N2CCCC2)cc1OCCOc1cc([N+](=O)[O-])c(COc2ccc3cc(C(=O)CC4CCC(N(CC(=O)OC(C)(C)C)CC(=O)OC(C)(C)C)CC4)c(=O)oc3c2)cc1N(CC(=O)OC(C)(C)C)CC(=O)OC(C)(C)C. The van der Waals surface area contributed by atoms with Gasteiger partial charge in [-0.2, -0.15) is 0 Å². The van der Waals surface area contributed by atoms with Crippen LogP contribution in [0.5, 0.6) is 17.2 Å². The van der Waals surface area contributed by atoms with Crippen molar-refractivity contribution in [2.45, 2.75) is 210 Å². The van der Waals surface area contributed by atoms with Crippen LogP contribution in [-0.2, 0) is 54.3 Å². The Labute approximate surface area is 553 Å². The molecule has 3 aromatic carbocycles. The maximum absolute atomic E-state index is 13.9. The van der Waals surface area contributed by atoms with Gasteiger partial charge in [0.05, 0.1) is 41.0 Å². The summed E-state index contributed by atoms with van der Waals surface area (Å²) in [5.41, 5.74) is -3.97. The molecule has 6 rings (SSSR count). The Hall–Kier alpha value is -7.95. The number of nitrogens with zero attached hydrogens (tertiary/aromatic N) is 5. The number of hydrogen-bond donors (Lipinski definition) is 0. The highest BCUT2D eigenvalue weighted by Crippen LogP contribution is 2.40. The molecule has 1 aromatic heterocycles. The summed E-state index contributed by atoms with van der Waals surface area (Å²) in [6.45, 7) is 32.6. The summed E-state index contributed by atoms with van der Waals surface area (Å²) in [4.78, 5) is 114. The molecule has 1 aliphatic carbocycles. The Morgan fingerprint density at radius 1 is 0.564 bits per heavy atom. The lowest BCUT2D eigenvalue weighted by molar-refractivity contribution is -0.385. The van der Waals surface area contributed by atoms with Gasteiger partial charge in [0.2, 0.25) is 0 Å². The normalized spacial score (nSPS) is 15.7. The number of rotatable bonds is 27. The number of fused-ring (bicyclic) bond motifs is 1. The van der Waals surface area contributed by atoms with Crippen LogP contribution in [0.2, 0.25) is 0 Å². The van der Waals surface area contributed by atoms with E-state index in [9.17, 15) is 43.7 Å². The van der Waals surface area contributed by atoms with E-state index in [1.54, 1.807) is 100 Å². The van der Waals surface area contributed by atoms with Crippen molar-refractivity contribution in [2.24, 2.45) is 11.3 Å². The Morgan fingerprint density at radius 3 is 1.52 bits per heavy atom. The van der Waals surface area contributed by atoms with Gasteiger partial charge in [-0.05, 0) is 190 Å². The van der Waals surface area contributed by atoms with E-state index in [2.05, 4.69) is 25.7 Å². The van der Waals surface area contributed by atoms with Crippen molar-refractivity contribution < 1.29 is 76.0 Å². The number of nitro groups is 1. The van der Waals surface area contributed by atoms with E-state index in [-0.39, 0.29) is 90.5 Å². The first-order chi connectivity index (χ1) is 43.4. The molecule has 94 heavy (non-hydrogen) atoms. The lowest BCUT2D eigenvalue weighted by atomic mass is 9.82. The lowest BCUT2D eigenvalue weighted by Gasteiger charge is -2.36. The number of carbonyl (C=O) groups excluding carboxylic acids is 6. The van der Waals surface area contributed by atoms with Crippen LogP contribution < -0.4 is 34.5 Å². The summed E-state index contributed by atoms with van der Waals surface area (Å²) < 4.78 is 53.3. The van der Waals surface area contributed by atoms with Crippen LogP contribution in [0.15, 0.2) is 63.8 Å². The summed E-state index contributed by atoms with van der Waals surface area (Å²) in [7, 11) is 0. The van der Waals surface area contributed by atoms with E-state index in [1.807, 2.05) is 43.9 Å². The molecular weight excluding hydrogens is 1210 g/mol. The van der Waals surface area contributed by atoms with Gasteiger partial charge >= 0.3 is 35.5 Å². The number of nitro benzene ring substituents is 1. The topological polar surface area (TPSA) is 263 Å². The molecule has 0 bridgehead atoms. The van der Waals surface area contributed by atoms with Crippen LogP contribution in [0, 0.1) is 21.4 Å². The highest BCUT2D eigenvalue weighted by molar-refractivity contribution is 5.98. The maximum Gasteiger partial charge on any atom is 0.347 e. The molecule has 2 aliphatic rings. The third-order valence-corrected chi connectivity index (χ3v) is 14.6. The highest BCUT2D eigenvalue weighted by atomic mass is 16.6. The average molecular weight is 1310 g/mol. The van der Waals surface area contributed by atoms with Gasteiger partial charge in [0.1, 0.15) is 95.9 Å². The fourth-order valence-corrected chi connectivity index (χ4v) is 11.2. The van der Waals surface area contributed by atoms with Crippen molar-refractivity contribution in [3.05, 3.63) is 86.3 Å². The second kappa shape index (κ2) is 31.1. The molecule has 518 valence electrons. The van der Waals surface area contributed by atoms with Crippen molar-refractivity contribution in [3.8, 4) is 17.2 Å². The Balaban J connectivity index is 1.26. The van der Waals surface area contributed by atoms with Gasteiger partial charge in [-0.3, -0.25) is 43.8 Å². The van der Waals surface area contributed by atoms with E-state index >= 15 is 0 Å². The van der Waals surface area contributed by atoms with Crippen molar-refractivity contribution in [3.63, 3.8) is 0 Å². The lowest BCUT2D eigenvalue weighted by Crippen LogP contribution is -2.46. The Bertz CT molecular complexity index is 3330. The van der Waals surface area contributed by atoms with E-state index in [0.29, 0.717) is 49.1 Å². The smallest absolute Gasteiger partial charge is 0.347 e. The quantitative estimate of drug-likeness (QED) is 0.0102. The molecule has 1 saturated heterocycles. The molecule has 2 heterocycles. The number of ether oxygens (including phenoxy) is 8. The minimum Gasteiger partial charge on any atom is -0.489 e. The van der Waals surface area contributed by atoms with Gasteiger partial charge in [0.15, 0.2) is 5.78 Å². The zero-order valence-electron chi connectivity index (χ0n) is 58.7. The first kappa shape index (κ1) is 75.1. The number of ketones is 1. The molecule has 0 spiro atoms. The minimum atomic E-state index is -0.930. The molecule has 4 aromatic rings. The van der Waals surface area contributed by atoms with Gasteiger partial charge < -0.3 is 57.0 Å². The molecule has 0 amide bonds. The van der Waals surface area contributed by atoms with Gasteiger partial charge in [-0.25, -0.2) is 4.79 Å². The summed E-state index contributed by atoms with van der Waals surface area (Å²) in [6, 6.07) is 14.4. The molecule has 0 unspecified atom stereocenters. The first-order valence-electron chi connectivity index (χ1n) is 32.5. The van der Waals surface area contributed by atoms with E-state index < -0.39 is 99.6 Å². The van der Waals surface area contributed by atoms with Crippen molar-refractivity contribution in [2.75, 3.05) is 80.3 Å². The number of carbonyl (C=O) groups is 6. The van der Waals surface area contributed by atoms with Crippen molar-refractivity contribution in [1.82, 2.24) is 4.90 Å². The number of esters is 5.